The predicted octanol–water partition coefficient (Wildman–Crippen LogP) is 0.434. The maximum absolute atomic E-state index is 11.5. The molecule has 0 aliphatic heterocycles. The van der Waals surface area contributed by atoms with Crippen molar-refractivity contribution in [2.45, 2.75) is 67.2 Å². The minimum absolute atomic E-state index is 0.00692. The summed E-state index contributed by atoms with van der Waals surface area (Å²) in [5.74, 6) is -1.45. The van der Waals surface area contributed by atoms with E-state index in [1.807, 2.05) is 34.6 Å². The Morgan fingerprint density at radius 1 is 0.816 bits per heavy atom. The Bertz CT molecular complexity index is 699. The van der Waals surface area contributed by atoms with Crippen molar-refractivity contribution in [2.75, 3.05) is 40.0 Å². The summed E-state index contributed by atoms with van der Waals surface area (Å²) in [5, 5.41) is 9.55. The van der Waals surface area contributed by atoms with Crippen LogP contribution < -0.4 is 21.3 Å². The summed E-state index contributed by atoms with van der Waals surface area (Å²) in [6, 6.07) is 0. The molecule has 13 heteroatoms. The molecule has 0 saturated carbocycles. The number of hydrogen-bond donors (Lipinski definition) is 4. The van der Waals surface area contributed by atoms with Crippen molar-refractivity contribution in [2.24, 2.45) is 0 Å². The molecular formula is C25H47N5O8. The number of unbranched alkanes of at least 4 members (excludes halogenated alkanes) is 2. The van der Waals surface area contributed by atoms with Crippen LogP contribution in [0.2, 0.25) is 0 Å². The summed E-state index contributed by atoms with van der Waals surface area (Å²) in [5.41, 5.74) is 0. The van der Waals surface area contributed by atoms with E-state index in [1.165, 1.54) is 17.9 Å². The van der Waals surface area contributed by atoms with Crippen molar-refractivity contribution in [3.63, 3.8) is 0 Å². The molecule has 0 aromatic rings. The molecule has 0 spiro atoms. The number of allylic oxidation sites excluding steroid dienone is 1. The van der Waals surface area contributed by atoms with Crippen molar-refractivity contribution in [3.05, 3.63) is 12.2 Å². The van der Waals surface area contributed by atoms with Crippen molar-refractivity contribution >= 4 is 42.3 Å². The quantitative estimate of drug-likeness (QED) is 0.0708. The van der Waals surface area contributed by atoms with Crippen molar-refractivity contribution in [1.29, 1.82) is 0 Å². The molecule has 0 aliphatic rings. The fourth-order valence-corrected chi connectivity index (χ4v) is 2.11. The summed E-state index contributed by atoms with van der Waals surface area (Å²) in [4.78, 5) is 76.3. The van der Waals surface area contributed by atoms with Crippen molar-refractivity contribution in [3.8, 4) is 0 Å². The SMILES string of the molecule is CC.CC.CC(=O)OCNC(=O)CNC=O.CCNC(=O)CNC(=O)CCCCCN(C)C(=O)/C=C\C=O. The minimum Gasteiger partial charge on any atom is -0.445 e. The molecule has 4 N–H and O–H groups in total. The van der Waals surface area contributed by atoms with E-state index in [9.17, 15) is 33.6 Å². The van der Waals surface area contributed by atoms with E-state index in [1.54, 1.807) is 7.05 Å². The van der Waals surface area contributed by atoms with Gasteiger partial charge in [0.15, 0.2) is 6.73 Å². The largest absolute Gasteiger partial charge is 0.445 e. The highest BCUT2D eigenvalue weighted by Gasteiger charge is 2.06. The van der Waals surface area contributed by atoms with Crippen LogP contribution in [0.3, 0.4) is 0 Å². The first-order valence-corrected chi connectivity index (χ1v) is 12.6. The summed E-state index contributed by atoms with van der Waals surface area (Å²) >= 11 is 0. The van der Waals surface area contributed by atoms with E-state index < -0.39 is 11.9 Å². The zero-order valence-corrected chi connectivity index (χ0v) is 23.9. The molecule has 38 heavy (non-hydrogen) atoms. The van der Waals surface area contributed by atoms with Gasteiger partial charge in [-0.25, -0.2) is 0 Å². The number of ether oxygens (including phenoxy) is 1. The molecule has 0 aliphatic carbocycles. The van der Waals surface area contributed by atoms with Crippen LogP contribution in [0.4, 0.5) is 0 Å². The standard InChI is InChI=1S/C15H25N3O4.C6H10N2O4.2C2H6/c1-3-16-14(21)12-17-13(20)8-5-4-6-10-18(2)15(22)9-7-11-19;1-5(10)12-4-8-6(11)2-7-3-9;2*1-2/h7,9,11H,3-6,8,10,12H2,1-2H3,(H,16,21)(H,17,20);3H,2,4H2,1H3,(H,7,9)(H,8,11);2*1-2H3/b9-7-;;;. The molecule has 220 valence electrons. The smallest absolute Gasteiger partial charge is 0.304 e. The topological polar surface area (TPSA) is 180 Å². The second kappa shape index (κ2) is 33.2. The fourth-order valence-electron chi connectivity index (χ4n) is 2.11. The van der Waals surface area contributed by atoms with Crippen LogP contribution in [0.15, 0.2) is 12.2 Å². The molecule has 0 saturated heterocycles. The van der Waals surface area contributed by atoms with Crippen LogP contribution >= 0.6 is 0 Å². The number of nitrogens with zero attached hydrogens (tertiary/aromatic N) is 1. The Hall–Kier alpha value is -3.77. The number of hydrogen-bond acceptors (Lipinski definition) is 8. The number of rotatable bonds is 16. The number of carbonyl (C=O) groups is 7. The first kappa shape index (κ1) is 41.4. The Balaban J connectivity index is -0.000000304. The average Bonchev–Trinajstić information content (AvgIpc) is 2.91. The van der Waals surface area contributed by atoms with Gasteiger partial charge < -0.3 is 30.9 Å². The summed E-state index contributed by atoms with van der Waals surface area (Å²) in [6.45, 7) is 11.9. The van der Waals surface area contributed by atoms with Crippen LogP contribution in [-0.4, -0.2) is 87.2 Å². The van der Waals surface area contributed by atoms with E-state index in [-0.39, 0.29) is 37.5 Å². The van der Waals surface area contributed by atoms with Gasteiger partial charge in [0.2, 0.25) is 30.0 Å². The van der Waals surface area contributed by atoms with E-state index in [0.29, 0.717) is 38.6 Å². The van der Waals surface area contributed by atoms with E-state index in [0.717, 1.165) is 18.9 Å². The molecular weight excluding hydrogens is 498 g/mol. The second-order valence-electron chi connectivity index (χ2n) is 6.67. The van der Waals surface area contributed by atoms with Gasteiger partial charge in [-0.05, 0) is 25.8 Å². The van der Waals surface area contributed by atoms with Crippen LogP contribution in [0.1, 0.15) is 67.2 Å². The molecule has 0 atom stereocenters. The zero-order chi connectivity index (χ0) is 30.2. The maximum Gasteiger partial charge on any atom is 0.304 e. The van der Waals surface area contributed by atoms with Gasteiger partial charge in [-0.3, -0.25) is 33.6 Å². The fraction of sp³-hybridized carbons (Fsp3) is 0.640. The Labute approximate surface area is 226 Å². The van der Waals surface area contributed by atoms with E-state index in [4.69, 9.17) is 0 Å². The number of likely N-dealkylation sites (N-methyl/N-ethyl adjacent to an activating group) is 2. The summed E-state index contributed by atoms with van der Waals surface area (Å²) in [7, 11) is 1.66. The Morgan fingerprint density at radius 3 is 1.95 bits per heavy atom. The lowest BCUT2D eigenvalue weighted by molar-refractivity contribution is -0.143. The van der Waals surface area contributed by atoms with Gasteiger partial charge in [-0.1, -0.05) is 34.1 Å². The molecule has 0 unspecified atom stereocenters. The predicted molar refractivity (Wildman–Crippen MR) is 145 cm³/mol. The summed E-state index contributed by atoms with van der Waals surface area (Å²) in [6.07, 6.45) is 6.01. The van der Waals surface area contributed by atoms with Crippen LogP contribution in [0.25, 0.3) is 0 Å². The van der Waals surface area contributed by atoms with Gasteiger partial charge in [-0.2, -0.15) is 0 Å². The monoisotopic (exact) mass is 545 g/mol. The first-order valence-electron chi connectivity index (χ1n) is 12.6. The number of carbonyl (C=O) groups excluding carboxylic acids is 7. The van der Waals surface area contributed by atoms with Gasteiger partial charge in [0.25, 0.3) is 0 Å². The lowest BCUT2D eigenvalue weighted by Gasteiger charge is -2.14. The average molecular weight is 546 g/mol. The van der Waals surface area contributed by atoms with E-state index >= 15 is 0 Å². The van der Waals surface area contributed by atoms with Gasteiger partial charge in [0.1, 0.15) is 6.29 Å². The highest BCUT2D eigenvalue weighted by atomic mass is 16.5. The van der Waals surface area contributed by atoms with Gasteiger partial charge in [0.05, 0.1) is 13.1 Å². The van der Waals surface area contributed by atoms with E-state index in [2.05, 4.69) is 26.0 Å². The molecule has 0 rings (SSSR count). The molecule has 0 fully saturated rings. The number of esters is 1. The molecule has 0 heterocycles. The molecule has 0 bridgehead atoms. The van der Waals surface area contributed by atoms with Gasteiger partial charge in [0, 0.05) is 39.6 Å². The molecule has 5 amide bonds. The first-order chi connectivity index (χ1) is 18.2. The third-order valence-corrected chi connectivity index (χ3v) is 3.80. The van der Waals surface area contributed by atoms with Crippen molar-refractivity contribution in [1.82, 2.24) is 26.2 Å². The lowest BCUT2D eigenvalue weighted by Crippen LogP contribution is -2.36. The number of amides is 5. The van der Waals surface area contributed by atoms with Gasteiger partial charge in [-0.15, -0.1) is 0 Å². The molecule has 0 aromatic carbocycles. The van der Waals surface area contributed by atoms with Crippen LogP contribution in [-0.2, 0) is 38.3 Å². The number of nitrogens with one attached hydrogen (secondary N) is 4. The normalized spacial score (nSPS) is 8.92. The Morgan fingerprint density at radius 2 is 1.42 bits per heavy atom. The maximum atomic E-state index is 11.5. The third kappa shape index (κ3) is 34.4. The second-order valence-corrected chi connectivity index (χ2v) is 6.67. The minimum atomic E-state index is -0.473. The third-order valence-electron chi connectivity index (χ3n) is 3.80. The summed E-state index contributed by atoms with van der Waals surface area (Å²) < 4.78 is 4.41. The molecule has 0 radical (unpaired) electrons. The zero-order valence-electron chi connectivity index (χ0n) is 23.9. The Kier molecular flexibility index (Phi) is 36.2. The highest BCUT2D eigenvalue weighted by Crippen LogP contribution is 2.01. The highest BCUT2D eigenvalue weighted by molar-refractivity contribution is 5.90. The lowest BCUT2D eigenvalue weighted by atomic mass is 10.2. The van der Waals surface area contributed by atoms with Crippen LogP contribution in [0.5, 0.6) is 0 Å². The van der Waals surface area contributed by atoms with Crippen LogP contribution in [0, 0.1) is 0 Å². The molecule has 0 aromatic heterocycles. The number of aldehydes is 1. The molecule has 13 nitrogen and oxygen atoms in total. The van der Waals surface area contributed by atoms with Crippen molar-refractivity contribution < 1.29 is 38.3 Å². The van der Waals surface area contributed by atoms with Gasteiger partial charge >= 0.3 is 5.97 Å².